The van der Waals surface area contributed by atoms with Crippen LogP contribution in [-0.4, -0.2) is 38.3 Å². The maximum atomic E-state index is 12.7. The van der Waals surface area contributed by atoms with E-state index in [0.29, 0.717) is 54.0 Å². The van der Waals surface area contributed by atoms with Gasteiger partial charge in [0.05, 0.1) is 15.8 Å². The molecule has 1 amide bonds. The number of hydrogen-bond donors (Lipinski definition) is 1. The highest BCUT2D eigenvalue weighted by molar-refractivity contribution is 7.88. The summed E-state index contributed by atoms with van der Waals surface area (Å²) in [5.74, 6) is 0.346. The predicted molar refractivity (Wildman–Crippen MR) is 120 cm³/mol. The van der Waals surface area contributed by atoms with Gasteiger partial charge >= 0.3 is 0 Å². The molecule has 0 unspecified atom stereocenters. The van der Waals surface area contributed by atoms with Crippen LogP contribution >= 0.6 is 23.2 Å². The van der Waals surface area contributed by atoms with Crippen LogP contribution < -0.4 is 5.32 Å². The molecule has 2 rings (SSSR count). The largest absolute Gasteiger partial charge is 0.356 e. The van der Waals surface area contributed by atoms with Gasteiger partial charge in [0.15, 0.2) is 0 Å². The second-order valence-electron chi connectivity index (χ2n) is 7.84. The average molecular weight is 463 g/mol. The van der Waals surface area contributed by atoms with E-state index in [4.69, 9.17) is 23.2 Å². The minimum atomic E-state index is -3.46. The number of sulfonamides is 1. The number of rotatable bonds is 10. The maximum absolute atomic E-state index is 12.7. The minimum Gasteiger partial charge on any atom is -0.356 e. The minimum absolute atomic E-state index is 0.0569. The number of unbranched alkanes of at least 4 members (excludes halogenated alkanes) is 1. The van der Waals surface area contributed by atoms with Gasteiger partial charge in [0.2, 0.25) is 15.9 Å². The number of nitrogens with one attached hydrogen (secondary N) is 1. The van der Waals surface area contributed by atoms with Crippen LogP contribution in [0, 0.1) is 11.8 Å². The summed E-state index contributed by atoms with van der Waals surface area (Å²) in [7, 11) is -3.46. The Kier molecular flexibility index (Phi) is 9.73. The van der Waals surface area contributed by atoms with Crippen molar-refractivity contribution in [3.05, 3.63) is 33.8 Å². The Morgan fingerprint density at radius 3 is 2.48 bits per heavy atom. The summed E-state index contributed by atoms with van der Waals surface area (Å²) < 4.78 is 26.9. The summed E-state index contributed by atoms with van der Waals surface area (Å²) in [4.78, 5) is 12.5. The second-order valence-corrected chi connectivity index (χ2v) is 10.6. The van der Waals surface area contributed by atoms with Crippen LogP contribution in [-0.2, 0) is 20.6 Å². The monoisotopic (exact) mass is 462 g/mol. The van der Waals surface area contributed by atoms with Gasteiger partial charge in [-0.25, -0.2) is 12.7 Å². The van der Waals surface area contributed by atoms with E-state index in [-0.39, 0.29) is 17.6 Å². The Balaban J connectivity index is 1.84. The van der Waals surface area contributed by atoms with E-state index in [0.717, 1.165) is 12.8 Å². The number of piperidine rings is 1. The standard InChI is InChI=1S/C21H32Cl2N2O3S/c1-3-5-6-16(4-2)14-24-21(26)18-9-11-25(12-10-18)29(27,28)15-17-7-8-19(22)20(23)13-17/h7-8,13,16,18H,3-6,9-12,14-15H2,1-2H3,(H,24,26)/t16-/m0/s1. The molecule has 1 aromatic rings. The van der Waals surface area contributed by atoms with Crippen LogP contribution in [0.2, 0.25) is 10.0 Å². The second kappa shape index (κ2) is 11.5. The van der Waals surface area contributed by atoms with E-state index in [9.17, 15) is 13.2 Å². The van der Waals surface area contributed by atoms with Gasteiger partial charge in [0.1, 0.15) is 0 Å². The smallest absolute Gasteiger partial charge is 0.223 e. The Labute approximate surface area is 185 Å². The van der Waals surface area contributed by atoms with Crippen LogP contribution in [0.5, 0.6) is 0 Å². The number of nitrogens with zero attached hydrogens (tertiary/aromatic N) is 1. The molecule has 1 fully saturated rings. The zero-order valence-corrected chi connectivity index (χ0v) is 19.6. The number of hydrogen-bond acceptors (Lipinski definition) is 3. The number of carbonyl (C=O) groups is 1. The SMILES string of the molecule is CCCC[C@H](CC)CNC(=O)C1CCN(S(=O)(=O)Cc2ccc(Cl)c(Cl)c2)CC1. The Morgan fingerprint density at radius 1 is 1.21 bits per heavy atom. The van der Waals surface area contributed by atoms with Crippen molar-refractivity contribution in [2.24, 2.45) is 11.8 Å². The van der Waals surface area contributed by atoms with Crippen molar-refractivity contribution in [2.75, 3.05) is 19.6 Å². The number of halogens is 2. The summed E-state index contributed by atoms with van der Waals surface area (Å²) in [6.45, 7) is 5.78. The van der Waals surface area contributed by atoms with E-state index < -0.39 is 10.0 Å². The van der Waals surface area contributed by atoms with E-state index >= 15 is 0 Å². The maximum Gasteiger partial charge on any atom is 0.223 e. The van der Waals surface area contributed by atoms with Crippen LogP contribution in [0.4, 0.5) is 0 Å². The van der Waals surface area contributed by atoms with Gasteiger partial charge in [-0.15, -0.1) is 0 Å². The highest BCUT2D eigenvalue weighted by Gasteiger charge is 2.31. The van der Waals surface area contributed by atoms with Gasteiger partial charge in [-0.3, -0.25) is 4.79 Å². The summed E-state index contributed by atoms with van der Waals surface area (Å²) in [6, 6.07) is 4.87. The lowest BCUT2D eigenvalue weighted by Crippen LogP contribution is -2.44. The Hall–Kier alpha value is -0.820. The Morgan fingerprint density at radius 2 is 1.90 bits per heavy atom. The van der Waals surface area contributed by atoms with Gasteiger partial charge in [0, 0.05) is 25.6 Å². The molecular formula is C21H32Cl2N2O3S. The normalized spacial score (nSPS) is 17.2. The molecule has 0 bridgehead atoms. The van der Waals surface area contributed by atoms with Crippen molar-refractivity contribution < 1.29 is 13.2 Å². The Bertz CT molecular complexity index is 778. The molecular weight excluding hydrogens is 431 g/mol. The molecule has 1 aromatic carbocycles. The van der Waals surface area contributed by atoms with Crippen LogP contribution in [0.15, 0.2) is 18.2 Å². The van der Waals surface area contributed by atoms with Gasteiger partial charge in [-0.1, -0.05) is 62.4 Å². The highest BCUT2D eigenvalue weighted by Crippen LogP contribution is 2.26. The zero-order valence-electron chi connectivity index (χ0n) is 17.3. The molecule has 8 heteroatoms. The third-order valence-corrected chi connectivity index (χ3v) is 8.25. The highest BCUT2D eigenvalue weighted by atomic mass is 35.5. The molecule has 1 N–H and O–H groups in total. The predicted octanol–water partition coefficient (Wildman–Crippen LogP) is 4.87. The molecule has 1 aliphatic heterocycles. The fraction of sp³-hybridized carbons (Fsp3) is 0.667. The molecule has 0 spiro atoms. The van der Waals surface area contributed by atoms with Gasteiger partial charge in [-0.2, -0.15) is 0 Å². The molecule has 0 aliphatic carbocycles. The van der Waals surface area contributed by atoms with Crippen LogP contribution in [0.3, 0.4) is 0 Å². The lowest BCUT2D eigenvalue weighted by molar-refractivity contribution is -0.126. The first kappa shape index (κ1) is 24.4. The first-order chi connectivity index (χ1) is 13.8. The quantitative estimate of drug-likeness (QED) is 0.539. The van der Waals surface area contributed by atoms with Crippen molar-refractivity contribution in [1.29, 1.82) is 0 Å². The zero-order chi connectivity index (χ0) is 21.4. The summed E-state index contributed by atoms with van der Waals surface area (Å²) in [5.41, 5.74) is 0.608. The van der Waals surface area contributed by atoms with E-state index in [2.05, 4.69) is 19.2 Å². The third kappa shape index (κ3) is 7.42. The van der Waals surface area contributed by atoms with Crippen molar-refractivity contribution in [3.63, 3.8) is 0 Å². The first-order valence-electron chi connectivity index (χ1n) is 10.5. The van der Waals surface area contributed by atoms with Gasteiger partial charge in [-0.05, 0) is 42.9 Å². The molecule has 29 heavy (non-hydrogen) atoms. The van der Waals surface area contributed by atoms with Gasteiger partial charge < -0.3 is 5.32 Å². The lowest BCUT2D eigenvalue weighted by Gasteiger charge is -2.31. The summed E-state index contributed by atoms with van der Waals surface area (Å²) >= 11 is 11.9. The van der Waals surface area contributed by atoms with Crippen molar-refractivity contribution in [3.8, 4) is 0 Å². The number of amides is 1. The molecule has 0 aromatic heterocycles. The fourth-order valence-electron chi connectivity index (χ4n) is 3.66. The van der Waals surface area contributed by atoms with Crippen LogP contribution in [0.1, 0.15) is 57.9 Å². The van der Waals surface area contributed by atoms with Crippen LogP contribution in [0.25, 0.3) is 0 Å². The molecule has 164 valence electrons. The molecule has 1 atom stereocenters. The topological polar surface area (TPSA) is 66.5 Å². The van der Waals surface area contributed by atoms with E-state index in [1.165, 1.54) is 17.1 Å². The molecule has 1 heterocycles. The molecule has 1 saturated heterocycles. The van der Waals surface area contributed by atoms with Crippen molar-refractivity contribution in [1.82, 2.24) is 9.62 Å². The molecule has 5 nitrogen and oxygen atoms in total. The van der Waals surface area contributed by atoms with Crippen molar-refractivity contribution in [2.45, 2.75) is 58.1 Å². The van der Waals surface area contributed by atoms with E-state index in [1.807, 2.05) is 0 Å². The molecule has 0 radical (unpaired) electrons. The summed E-state index contributed by atoms with van der Waals surface area (Å²) in [5, 5.41) is 3.83. The van der Waals surface area contributed by atoms with E-state index in [1.54, 1.807) is 18.2 Å². The first-order valence-corrected chi connectivity index (χ1v) is 12.8. The number of carbonyl (C=O) groups excluding carboxylic acids is 1. The lowest BCUT2D eigenvalue weighted by atomic mass is 9.95. The molecule has 1 aliphatic rings. The number of benzene rings is 1. The average Bonchev–Trinajstić information content (AvgIpc) is 2.70. The van der Waals surface area contributed by atoms with Gasteiger partial charge in [0.25, 0.3) is 0 Å². The summed E-state index contributed by atoms with van der Waals surface area (Å²) in [6.07, 6.45) is 5.66. The third-order valence-electron chi connectivity index (χ3n) is 5.66. The molecule has 0 saturated carbocycles. The van der Waals surface area contributed by atoms with Crippen molar-refractivity contribution >= 4 is 39.1 Å². The fourth-order valence-corrected chi connectivity index (χ4v) is 5.53.